The number of benzene rings is 1. The van der Waals surface area contributed by atoms with Crippen molar-refractivity contribution in [1.82, 2.24) is 9.55 Å². The number of methoxy groups -OCH3 is 1. The number of rotatable bonds is 5. The molecule has 0 saturated heterocycles. The lowest BCUT2D eigenvalue weighted by Gasteiger charge is -2.14. The zero-order valence-corrected chi connectivity index (χ0v) is 13.8. The summed E-state index contributed by atoms with van der Waals surface area (Å²) in [6, 6.07) is 4.94. The van der Waals surface area contributed by atoms with Gasteiger partial charge in [0.05, 0.1) is 18.0 Å². The van der Waals surface area contributed by atoms with Crippen LogP contribution in [0.15, 0.2) is 40.8 Å². The van der Waals surface area contributed by atoms with Crippen LogP contribution in [0.4, 0.5) is 0 Å². The van der Waals surface area contributed by atoms with Gasteiger partial charge in [-0.3, -0.25) is 14.2 Å². The topological polar surface area (TPSA) is 61.2 Å². The summed E-state index contributed by atoms with van der Waals surface area (Å²) in [5.41, 5.74) is 0.321. The van der Waals surface area contributed by atoms with Crippen molar-refractivity contribution in [2.75, 3.05) is 7.11 Å². The maximum Gasteiger partial charge on any atom is 0.318 e. The molecule has 2 rings (SSSR count). The number of thioether (sulfide) groups is 1. The number of allylic oxidation sites excluding steroid dienone is 1. The molecule has 0 saturated carbocycles. The minimum atomic E-state index is -0.474. The Hall–Kier alpha value is -1.79. The first-order valence-electron chi connectivity index (χ1n) is 6.53. The number of nitrogens with zero attached hydrogens (tertiary/aromatic N) is 2. The van der Waals surface area contributed by atoms with Crippen LogP contribution >= 0.6 is 23.4 Å². The highest BCUT2D eigenvalue weighted by Gasteiger charge is 2.19. The molecule has 0 bridgehead atoms. The van der Waals surface area contributed by atoms with Gasteiger partial charge in [0.2, 0.25) is 0 Å². The molecular weight excluding hydrogens is 324 g/mol. The molecule has 0 radical (unpaired) electrons. The Labute approximate surface area is 136 Å². The van der Waals surface area contributed by atoms with E-state index >= 15 is 0 Å². The molecule has 1 aromatic carbocycles. The predicted molar refractivity (Wildman–Crippen MR) is 88.5 cm³/mol. The van der Waals surface area contributed by atoms with Crippen LogP contribution in [0, 0.1) is 0 Å². The predicted octanol–water partition coefficient (Wildman–Crippen LogP) is 2.89. The monoisotopic (exact) mass is 338 g/mol. The number of ether oxygens (including phenoxy) is 1. The zero-order chi connectivity index (χ0) is 16.3. The van der Waals surface area contributed by atoms with Gasteiger partial charge in [-0.15, -0.1) is 6.58 Å². The fraction of sp³-hybridized carbons (Fsp3) is 0.267. The highest BCUT2D eigenvalue weighted by atomic mass is 35.5. The zero-order valence-electron chi connectivity index (χ0n) is 12.2. The molecule has 2 aromatic rings. The summed E-state index contributed by atoms with van der Waals surface area (Å²) in [6.45, 7) is 5.65. The van der Waals surface area contributed by atoms with Gasteiger partial charge in [-0.2, -0.15) is 0 Å². The van der Waals surface area contributed by atoms with Crippen LogP contribution < -0.4 is 5.56 Å². The summed E-state index contributed by atoms with van der Waals surface area (Å²) < 4.78 is 6.17. The van der Waals surface area contributed by atoms with Crippen LogP contribution in [0.1, 0.15) is 6.92 Å². The Morgan fingerprint density at radius 1 is 1.59 bits per heavy atom. The highest BCUT2D eigenvalue weighted by Crippen LogP contribution is 2.24. The van der Waals surface area contributed by atoms with Crippen molar-refractivity contribution in [2.45, 2.75) is 23.9 Å². The molecule has 0 unspecified atom stereocenters. The van der Waals surface area contributed by atoms with Crippen LogP contribution in [0.2, 0.25) is 5.02 Å². The highest BCUT2D eigenvalue weighted by molar-refractivity contribution is 8.00. The molecule has 7 heteroatoms. The van der Waals surface area contributed by atoms with Gasteiger partial charge in [0.15, 0.2) is 5.16 Å². The Balaban J connectivity index is 2.59. The van der Waals surface area contributed by atoms with E-state index in [9.17, 15) is 9.59 Å². The minimum absolute atomic E-state index is 0.216. The first-order valence-corrected chi connectivity index (χ1v) is 7.79. The summed E-state index contributed by atoms with van der Waals surface area (Å²) in [7, 11) is 1.33. The van der Waals surface area contributed by atoms with E-state index in [1.165, 1.54) is 23.4 Å². The van der Waals surface area contributed by atoms with Crippen molar-refractivity contribution in [3.8, 4) is 0 Å². The van der Waals surface area contributed by atoms with Crippen molar-refractivity contribution in [2.24, 2.45) is 0 Å². The Kier molecular flexibility index (Phi) is 5.26. The number of hydrogen-bond donors (Lipinski definition) is 0. The van der Waals surface area contributed by atoms with Crippen LogP contribution in [0.3, 0.4) is 0 Å². The lowest BCUT2D eigenvalue weighted by atomic mass is 10.2. The largest absolute Gasteiger partial charge is 0.468 e. The molecule has 1 heterocycles. The standard InChI is InChI=1S/C15H15ClN2O3S/c1-4-7-18-13(19)11-8-10(16)5-6-12(11)17-15(18)22-9(2)14(20)21-3/h4-6,8-9H,1,7H2,2-3H3/t9-/m0/s1. The van der Waals surface area contributed by atoms with E-state index in [-0.39, 0.29) is 11.5 Å². The van der Waals surface area contributed by atoms with E-state index in [1.807, 2.05) is 0 Å². The molecule has 0 spiro atoms. The first-order chi connectivity index (χ1) is 10.5. The molecular formula is C15H15ClN2O3S. The third-order valence-corrected chi connectivity index (χ3v) is 4.31. The van der Waals surface area contributed by atoms with Crippen LogP contribution in [-0.2, 0) is 16.1 Å². The summed E-state index contributed by atoms with van der Waals surface area (Å²) in [6.07, 6.45) is 1.60. The van der Waals surface area contributed by atoms with Crippen molar-refractivity contribution in [3.05, 3.63) is 46.2 Å². The molecule has 0 amide bonds. The molecule has 1 aromatic heterocycles. The number of fused-ring (bicyclic) bond motifs is 1. The quantitative estimate of drug-likeness (QED) is 0.363. The smallest absolute Gasteiger partial charge is 0.318 e. The normalized spacial score (nSPS) is 12.1. The number of aromatic nitrogens is 2. The lowest BCUT2D eigenvalue weighted by Crippen LogP contribution is -2.24. The van der Waals surface area contributed by atoms with E-state index in [0.29, 0.717) is 27.6 Å². The number of carbonyl (C=O) groups is 1. The summed E-state index contributed by atoms with van der Waals surface area (Å²) in [5.74, 6) is -0.374. The molecule has 0 aliphatic heterocycles. The third-order valence-electron chi connectivity index (χ3n) is 3.01. The summed E-state index contributed by atoms with van der Waals surface area (Å²) >= 11 is 7.11. The van der Waals surface area contributed by atoms with Crippen molar-refractivity contribution < 1.29 is 9.53 Å². The van der Waals surface area contributed by atoms with Gasteiger partial charge >= 0.3 is 5.97 Å². The molecule has 5 nitrogen and oxygen atoms in total. The van der Waals surface area contributed by atoms with Gasteiger partial charge in [0.1, 0.15) is 5.25 Å². The number of halogens is 1. The summed E-state index contributed by atoms with van der Waals surface area (Å²) in [5, 5.41) is 0.875. The maximum atomic E-state index is 12.6. The Morgan fingerprint density at radius 2 is 2.32 bits per heavy atom. The second-order valence-corrected chi connectivity index (χ2v) is 6.29. The second kappa shape index (κ2) is 6.98. The average molecular weight is 339 g/mol. The van der Waals surface area contributed by atoms with Crippen LogP contribution in [0.25, 0.3) is 10.9 Å². The maximum absolute atomic E-state index is 12.6. The van der Waals surface area contributed by atoms with Gasteiger partial charge in [-0.05, 0) is 25.1 Å². The van der Waals surface area contributed by atoms with Gasteiger partial charge in [0, 0.05) is 11.6 Å². The van der Waals surface area contributed by atoms with E-state index in [2.05, 4.69) is 11.6 Å². The van der Waals surface area contributed by atoms with E-state index in [0.717, 1.165) is 0 Å². The first kappa shape index (κ1) is 16.6. The molecule has 0 aliphatic rings. The second-order valence-electron chi connectivity index (χ2n) is 4.54. The van der Waals surface area contributed by atoms with Gasteiger partial charge < -0.3 is 4.74 Å². The fourth-order valence-corrected chi connectivity index (χ4v) is 3.04. The Morgan fingerprint density at radius 3 is 2.95 bits per heavy atom. The van der Waals surface area contributed by atoms with E-state index < -0.39 is 5.25 Å². The van der Waals surface area contributed by atoms with Gasteiger partial charge in [-0.1, -0.05) is 29.4 Å². The molecule has 22 heavy (non-hydrogen) atoms. The van der Waals surface area contributed by atoms with E-state index in [1.54, 1.807) is 31.2 Å². The van der Waals surface area contributed by atoms with Crippen molar-refractivity contribution in [1.29, 1.82) is 0 Å². The lowest BCUT2D eigenvalue weighted by molar-refractivity contribution is -0.139. The molecule has 0 fully saturated rings. The third kappa shape index (κ3) is 3.34. The summed E-state index contributed by atoms with van der Waals surface area (Å²) in [4.78, 5) is 28.6. The molecule has 0 N–H and O–H groups in total. The van der Waals surface area contributed by atoms with Crippen LogP contribution in [-0.4, -0.2) is 27.9 Å². The molecule has 1 atom stereocenters. The average Bonchev–Trinajstić information content (AvgIpc) is 2.51. The number of carbonyl (C=O) groups excluding carboxylic acids is 1. The SMILES string of the molecule is C=CCn1c(S[C@@H](C)C(=O)OC)nc2ccc(Cl)cc2c1=O. The number of esters is 1. The number of hydrogen-bond acceptors (Lipinski definition) is 5. The Bertz CT molecular complexity index is 788. The van der Waals surface area contributed by atoms with Gasteiger partial charge in [-0.25, -0.2) is 4.98 Å². The van der Waals surface area contributed by atoms with Crippen molar-refractivity contribution in [3.63, 3.8) is 0 Å². The molecule has 0 aliphatic carbocycles. The van der Waals surface area contributed by atoms with E-state index in [4.69, 9.17) is 16.3 Å². The van der Waals surface area contributed by atoms with Gasteiger partial charge in [0.25, 0.3) is 5.56 Å². The fourth-order valence-electron chi connectivity index (χ4n) is 1.92. The van der Waals surface area contributed by atoms with Crippen LogP contribution in [0.5, 0.6) is 0 Å². The molecule has 116 valence electrons. The van der Waals surface area contributed by atoms with Crippen molar-refractivity contribution >= 4 is 40.2 Å². The minimum Gasteiger partial charge on any atom is -0.468 e.